The minimum atomic E-state index is 0.137. The van der Waals surface area contributed by atoms with Gasteiger partial charge in [0.2, 0.25) is 0 Å². The van der Waals surface area contributed by atoms with Crippen molar-refractivity contribution in [1.82, 2.24) is 4.90 Å². The van der Waals surface area contributed by atoms with Gasteiger partial charge >= 0.3 is 0 Å². The molecular weight excluding hydrogens is 268 g/mol. The normalized spacial score (nSPS) is 16.8. The predicted molar refractivity (Wildman–Crippen MR) is 83.9 cm³/mol. The summed E-state index contributed by atoms with van der Waals surface area (Å²) in [6.07, 6.45) is 6.29. The number of rotatable bonds is 5. The fourth-order valence-electron chi connectivity index (χ4n) is 2.94. The van der Waals surface area contributed by atoms with Crippen molar-refractivity contribution in [3.05, 3.63) is 34.9 Å². The van der Waals surface area contributed by atoms with Crippen LogP contribution in [0.4, 0.5) is 0 Å². The molecule has 0 bridgehead atoms. The van der Waals surface area contributed by atoms with Gasteiger partial charge in [-0.1, -0.05) is 18.3 Å². The fraction of sp³-hybridized carbons (Fsp3) is 0.500. The molecule has 0 heterocycles. The van der Waals surface area contributed by atoms with E-state index in [-0.39, 0.29) is 5.91 Å². The Morgan fingerprint density at radius 2 is 2.05 bits per heavy atom. The van der Waals surface area contributed by atoms with Crippen LogP contribution >= 0.6 is 12.2 Å². The Hall–Kier alpha value is -1.42. The van der Waals surface area contributed by atoms with Gasteiger partial charge in [0, 0.05) is 24.6 Å². The Balaban J connectivity index is 1.76. The molecule has 0 saturated heterocycles. The summed E-state index contributed by atoms with van der Waals surface area (Å²) >= 11 is 4.93. The molecule has 0 radical (unpaired) electrons. The van der Waals surface area contributed by atoms with Gasteiger partial charge in [0.25, 0.3) is 5.91 Å². The molecule has 20 heavy (non-hydrogen) atoms. The monoisotopic (exact) mass is 288 g/mol. The molecule has 106 valence electrons. The van der Waals surface area contributed by atoms with Crippen LogP contribution in [0.15, 0.2) is 18.2 Å². The standard InChI is InChI=1S/C16H20N2OS/c17-15(20)8-9-18(14-6-7-14)16(19)13-5-4-11-2-1-3-12(11)10-13/h4-5,10,14H,1-3,6-9H2,(H2,17,20). The molecule has 0 aromatic heterocycles. The second kappa shape index (κ2) is 5.52. The predicted octanol–water partition coefficient (Wildman–Crippen LogP) is 2.46. The van der Waals surface area contributed by atoms with Crippen LogP contribution < -0.4 is 5.73 Å². The van der Waals surface area contributed by atoms with Crippen LogP contribution in [0.3, 0.4) is 0 Å². The van der Waals surface area contributed by atoms with Crippen molar-refractivity contribution in [1.29, 1.82) is 0 Å². The number of amides is 1. The number of nitrogens with two attached hydrogens (primary N) is 1. The summed E-state index contributed by atoms with van der Waals surface area (Å²) in [5.74, 6) is 0.137. The summed E-state index contributed by atoms with van der Waals surface area (Å²) in [6, 6.07) is 6.57. The van der Waals surface area contributed by atoms with Crippen LogP contribution in [0.2, 0.25) is 0 Å². The Labute approximate surface area is 125 Å². The average Bonchev–Trinajstić information content (AvgIpc) is 3.15. The lowest BCUT2D eigenvalue weighted by Crippen LogP contribution is -2.35. The maximum Gasteiger partial charge on any atom is 0.254 e. The highest BCUT2D eigenvalue weighted by Gasteiger charge is 2.33. The average molecular weight is 288 g/mol. The molecule has 1 aromatic carbocycles. The molecule has 0 aliphatic heterocycles. The maximum atomic E-state index is 12.7. The minimum absolute atomic E-state index is 0.137. The first-order valence-corrected chi connectivity index (χ1v) is 7.77. The first kappa shape index (κ1) is 13.6. The van der Waals surface area contributed by atoms with Crippen LogP contribution in [-0.2, 0) is 12.8 Å². The Morgan fingerprint density at radius 3 is 2.75 bits per heavy atom. The molecule has 1 saturated carbocycles. The van der Waals surface area contributed by atoms with E-state index in [1.54, 1.807) is 0 Å². The topological polar surface area (TPSA) is 46.3 Å². The molecule has 0 atom stereocenters. The third kappa shape index (κ3) is 2.85. The lowest BCUT2D eigenvalue weighted by atomic mass is 10.1. The summed E-state index contributed by atoms with van der Waals surface area (Å²) in [7, 11) is 0. The molecule has 2 N–H and O–H groups in total. The van der Waals surface area contributed by atoms with Crippen molar-refractivity contribution < 1.29 is 4.79 Å². The van der Waals surface area contributed by atoms with Gasteiger partial charge in [-0.3, -0.25) is 4.79 Å². The molecule has 1 amide bonds. The maximum absolute atomic E-state index is 12.7. The summed E-state index contributed by atoms with van der Waals surface area (Å²) in [4.78, 5) is 15.1. The van der Waals surface area contributed by atoms with Crippen molar-refractivity contribution in [3.63, 3.8) is 0 Å². The zero-order valence-electron chi connectivity index (χ0n) is 11.6. The van der Waals surface area contributed by atoms with E-state index in [0.29, 0.717) is 24.0 Å². The second-order valence-electron chi connectivity index (χ2n) is 5.78. The van der Waals surface area contributed by atoms with Crippen LogP contribution in [0.25, 0.3) is 0 Å². The number of thiocarbonyl (C=S) groups is 1. The fourth-order valence-corrected chi connectivity index (χ4v) is 3.03. The summed E-state index contributed by atoms with van der Waals surface area (Å²) in [5, 5.41) is 0. The van der Waals surface area contributed by atoms with Crippen molar-refractivity contribution in [2.75, 3.05) is 6.54 Å². The van der Waals surface area contributed by atoms with E-state index in [1.165, 1.54) is 17.5 Å². The molecule has 0 spiro atoms. The van der Waals surface area contributed by atoms with E-state index in [0.717, 1.165) is 31.2 Å². The highest BCUT2D eigenvalue weighted by molar-refractivity contribution is 7.80. The van der Waals surface area contributed by atoms with Gasteiger partial charge in [0.1, 0.15) is 0 Å². The molecule has 2 aliphatic rings. The van der Waals surface area contributed by atoms with E-state index < -0.39 is 0 Å². The quantitative estimate of drug-likeness (QED) is 0.847. The molecule has 1 fully saturated rings. The van der Waals surface area contributed by atoms with Crippen molar-refractivity contribution in [2.45, 2.75) is 44.6 Å². The number of carbonyl (C=O) groups is 1. The van der Waals surface area contributed by atoms with Gasteiger partial charge in [-0.25, -0.2) is 0 Å². The van der Waals surface area contributed by atoms with E-state index >= 15 is 0 Å². The Kier molecular flexibility index (Phi) is 3.74. The van der Waals surface area contributed by atoms with Crippen LogP contribution in [0.1, 0.15) is 47.2 Å². The highest BCUT2D eigenvalue weighted by atomic mass is 32.1. The minimum Gasteiger partial charge on any atom is -0.393 e. The van der Waals surface area contributed by atoms with Crippen molar-refractivity contribution in [2.24, 2.45) is 5.73 Å². The molecule has 2 aliphatic carbocycles. The number of hydrogen-bond acceptors (Lipinski definition) is 2. The first-order valence-electron chi connectivity index (χ1n) is 7.36. The Morgan fingerprint density at radius 1 is 1.30 bits per heavy atom. The van der Waals surface area contributed by atoms with Crippen molar-refractivity contribution in [3.8, 4) is 0 Å². The lowest BCUT2D eigenvalue weighted by Gasteiger charge is -2.22. The van der Waals surface area contributed by atoms with Gasteiger partial charge in [0.15, 0.2) is 0 Å². The van der Waals surface area contributed by atoms with Crippen LogP contribution in [-0.4, -0.2) is 28.4 Å². The smallest absolute Gasteiger partial charge is 0.254 e. The van der Waals surface area contributed by atoms with Crippen molar-refractivity contribution >= 4 is 23.1 Å². The van der Waals surface area contributed by atoms with Gasteiger partial charge in [-0.05, 0) is 55.4 Å². The van der Waals surface area contributed by atoms with Crippen LogP contribution in [0.5, 0.6) is 0 Å². The summed E-state index contributed by atoms with van der Waals surface area (Å²) < 4.78 is 0. The number of benzene rings is 1. The molecule has 3 nitrogen and oxygen atoms in total. The Bertz CT molecular complexity index is 551. The zero-order valence-corrected chi connectivity index (χ0v) is 12.4. The summed E-state index contributed by atoms with van der Waals surface area (Å²) in [5.41, 5.74) is 9.14. The molecule has 3 rings (SSSR count). The van der Waals surface area contributed by atoms with Crippen LogP contribution in [0, 0.1) is 0 Å². The third-order valence-corrected chi connectivity index (χ3v) is 4.40. The van der Waals surface area contributed by atoms with E-state index in [4.69, 9.17) is 18.0 Å². The molecule has 1 aromatic rings. The number of hydrogen-bond donors (Lipinski definition) is 1. The molecular formula is C16H20N2OS. The largest absolute Gasteiger partial charge is 0.393 e. The summed E-state index contributed by atoms with van der Waals surface area (Å²) in [6.45, 7) is 0.649. The third-order valence-electron chi connectivity index (χ3n) is 4.19. The number of nitrogens with zero attached hydrogens (tertiary/aromatic N) is 1. The van der Waals surface area contributed by atoms with E-state index in [1.807, 2.05) is 11.0 Å². The molecule has 4 heteroatoms. The van der Waals surface area contributed by atoms with Gasteiger partial charge in [0.05, 0.1) is 4.99 Å². The number of fused-ring (bicyclic) bond motifs is 1. The van der Waals surface area contributed by atoms with Gasteiger partial charge in [-0.15, -0.1) is 0 Å². The SMILES string of the molecule is NC(=S)CCN(C(=O)c1ccc2c(c1)CCC2)C1CC1. The molecule has 0 unspecified atom stereocenters. The zero-order chi connectivity index (χ0) is 14.1. The number of aryl methyl sites for hydroxylation is 2. The second-order valence-corrected chi connectivity index (χ2v) is 6.31. The van der Waals surface area contributed by atoms with E-state index in [2.05, 4.69) is 12.1 Å². The van der Waals surface area contributed by atoms with E-state index in [9.17, 15) is 4.79 Å². The number of carbonyl (C=O) groups excluding carboxylic acids is 1. The van der Waals surface area contributed by atoms with Gasteiger partial charge in [-0.2, -0.15) is 0 Å². The van der Waals surface area contributed by atoms with Gasteiger partial charge < -0.3 is 10.6 Å². The highest BCUT2D eigenvalue weighted by Crippen LogP contribution is 2.29. The lowest BCUT2D eigenvalue weighted by molar-refractivity contribution is 0.0748. The first-order chi connectivity index (χ1) is 9.65.